The molecule has 4 rings (SSSR count). The van der Waals surface area contributed by atoms with E-state index in [0.29, 0.717) is 23.4 Å². The molecule has 0 bridgehead atoms. The predicted octanol–water partition coefficient (Wildman–Crippen LogP) is 2.66. The molecule has 1 fully saturated rings. The van der Waals surface area contributed by atoms with Gasteiger partial charge < -0.3 is 9.80 Å². The largest absolute Gasteiger partial charge is 0.355 e. The molecule has 2 atom stereocenters. The summed E-state index contributed by atoms with van der Waals surface area (Å²) in [5.41, 5.74) is 1.82. The van der Waals surface area contributed by atoms with Gasteiger partial charge in [0, 0.05) is 31.9 Å². The lowest BCUT2D eigenvalue weighted by Gasteiger charge is -2.42. The number of nitriles is 1. The number of carbonyl (C=O) groups excluding carboxylic acids is 1. The molecule has 8 nitrogen and oxygen atoms in total. The van der Waals surface area contributed by atoms with E-state index in [4.69, 9.17) is 0 Å². The number of carbonyl (C=O) groups is 1. The van der Waals surface area contributed by atoms with Crippen molar-refractivity contribution in [2.75, 3.05) is 18.5 Å². The van der Waals surface area contributed by atoms with Crippen molar-refractivity contribution >= 4 is 11.7 Å². The zero-order chi connectivity index (χ0) is 21.1. The Balaban J connectivity index is 1.59. The van der Waals surface area contributed by atoms with Crippen LogP contribution in [0.5, 0.6) is 0 Å². The molecule has 0 spiro atoms. The average molecular weight is 401 g/mol. The second-order valence-corrected chi connectivity index (χ2v) is 7.50. The van der Waals surface area contributed by atoms with Crippen LogP contribution in [0.3, 0.4) is 0 Å². The van der Waals surface area contributed by atoms with Crippen molar-refractivity contribution in [3.63, 3.8) is 0 Å². The van der Waals surface area contributed by atoms with E-state index in [0.717, 1.165) is 18.7 Å². The molecule has 0 N–H and O–H groups in total. The number of benzene rings is 1. The summed E-state index contributed by atoms with van der Waals surface area (Å²) in [5, 5.41) is 17.5. The van der Waals surface area contributed by atoms with Crippen molar-refractivity contribution in [2.45, 2.75) is 31.8 Å². The van der Waals surface area contributed by atoms with Crippen molar-refractivity contribution in [2.24, 2.45) is 0 Å². The number of aromatic nitrogens is 4. The fourth-order valence-electron chi connectivity index (χ4n) is 3.88. The second-order valence-electron chi connectivity index (χ2n) is 7.50. The van der Waals surface area contributed by atoms with Gasteiger partial charge in [-0.15, -0.1) is 0 Å². The molecular formula is C22H23N7O. The fraction of sp³-hybridized carbons (Fsp3) is 0.318. The van der Waals surface area contributed by atoms with Gasteiger partial charge in [-0.1, -0.05) is 12.1 Å². The predicted molar refractivity (Wildman–Crippen MR) is 112 cm³/mol. The number of piperidine rings is 1. The standard InChI is InChI=1S/C22H23N7O/c1-16-7-8-18(27(2)21-13-17(14-23)9-10-24-21)15-28(16)22(30)19-5-3-4-6-20(19)29-25-11-12-26-29/h3-6,9-13,16,18H,7-8,15H2,1-2H3. The molecule has 0 radical (unpaired) electrons. The van der Waals surface area contributed by atoms with Crippen LogP contribution in [0.2, 0.25) is 0 Å². The van der Waals surface area contributed by atoms with E-state index < -0.39 is 0 Å². The van der Waals surface area contributed by atoms with Gasteiger partial charge in [-0.25, -0.2) is 4.98 Å². The SMILES string of the molecule is CC1CCC(N(C)c2cc(C#N)ccn2)CN1C(=O)c1ccccc1-n1nccn1. The molecule has 2 unspecified atom stereocenters. The molecule has 152 valence electrons. The van der Waals surface area contributed by atoms with Crippen molar-refractivity contribution in [3.05, 3.63) is 66.1 Å². The molecule has 3 heterocycles. The monoisotopic (exact) mass is 401 g/mol. The summed E-state index contributed by atoms with van der Waals surface area (Å²) in [7, 11) is 1.97. The third kappa shape index (κ3) is 3.74. The lowest BCUT2D eigenvalue weighted by atomic mass is 9.97. The highest BCUT2D eigenvalue weighted by Crippen LogP contribution is 2.26. The third-order valence-electron chi connectivity index (χ3n) is 5.67. The molecule has 0 aliphatic carbocycles. The van der Waals surface area contributed by atoms with E-state index in [1.165, 1.54) is 4.80 Å². The number of likely N-dealkylation sites (tertiary alicyclic amines) is 1. The number of likely N-dealkylation sites (N-methyl/N-ethyl adjacent to an activating group) is 1. The quantitative estimate of drug-likeness (QED) is 0.668. The number of amides is 1. The van der Waals surface area contributed by atoms with Crippen LogP contribution >= 0.6 is 0 Å². The summed E-state index contributed by atoms with van der Waals surface area (Å²) in [6.07, 6.45) is 6.67. The first-order valence-electron chi connectivity index (χ1n) is 9.94. The first-order valence-corrected chi connectivity index (χ1v) is 9.94. The fourth-order valence-corrected chi connectivity index (χ4v) is 3.88. The molecule has 1 aliphatic heterocycles. The Morgan fingerprint density at radius 3 is 2.70 bits per heavy atom. The molecular weight excluding hydrogens is 378 g/mol. The van der Waals surface area contributed by atoms with Crippen molar-refractivity contribution in [1.82, 2.24) is 24.9 Å². The molecule has 1 aliphatic rings. The maximum atomic E-state index is 13.5. The average Bonchev–Trinajstić information content (AvgIpc) is 3.33. The number of pyridine rings is 1. The minimum Gasteiger partial charge on any atom is -0.355 e. The molecule has 2 aromatic heterocycles. The number of hydrogen-bond donors (Lipinski definition) is 0. The second kappa shape index (κ2) is 8.33. The van der Waals surface area contributed by atoms with Crippen molar-refractivity contribution in [1.29, 1.82) is 5.26 Å². The van der Waals surface area contributed by atoms with E-state index in [9.17, 15) is 10.1 Å². The van der Waals surface area contributed by atoms with Gasteiger partial charge in [0.1, 0.15) is 5.82 Å². The molecule has 1 amide bonds. The number of para-hydroxylation sites is 1. The van der Waals surface area contributed by atoms with Crippen molar-refractivity contribution in [3.8, 4) is 11.8 Å². The normalized spacial score (nSPS) is 18.6. The smallest absolute Gasteiger partial charge is 0.256 e. The van der Waals surface area contributed by atoms with Gasteiger partial charge in [-0.05, 0) is 44.0 Å². The van der Waals surface area contributed by atoms with Crippen LogP contribution in [0.4, 0.5) is 5.82 Å². The van der Waals surface area contributed by atoms with Crippen LogP contribution in [-0.4, -0.2) is 56.5 Å². The third-order valence-corrected chi connectivity index (χ3v) is 5.67. The summed E-state index contributed by atoms with van der Waals surface area (Å²) >= 11 is 0. The van der Waals surface area contributed by atoms with Crippen LogP contribution in [0.15, 0.2) is 55.0 Å². The molecule has 8 heteroatoms. The van der Waals surface area contributed by atoms with E-state index in [2.05, 4.69) is 33.1 Å². The lowest BCUT2D eigenvalue weighted by molar-refractivity contribution is 0.0610. The van der Waals surface area contributed by atoms with E-state index in [-0.39, 0.29) is 18.0 Å². The number of hydrogen-bond acceptors (Lipinski definition) is 6. The Hall–Kier alpha value is -3.73. The van der Waals surface area contributed by atoms with Gasteiger partial charge >= 0.3 is 0 Å². The summed E-state index contributed by atoms with van der Waals surface area (Å²) in [6.45, 7) is 2.66. The van der Waals surface area contributed by atoms with Crippen LogP contribution in [-0.2, 0) is 0 Å². The minimum atomic E-state index is -0.0350. The van der Waals surface area contributed by atoms with Gasteiger partial charge in [0.15, 0.2) is 0 Å². The summed E-state index contributed by atoms with van der Waals surface area (Å²) in [4.78, 5) is 23.4. The maximum absolute atomic E-state index is 13.5. The topological polar surface area (TPSA) is 90.9 Å². The van der Waals surface area contributed by atoms with Crippen LogP contribution < -0.4 is 4.90 Å². The maximum Gasteiger partial charge on any atom is 0.256 e. The highest BCUT2D eigenvalue weighted by atomic mass is 16.2. The van der Waals surface area contributed by atoms with E-state index in [1.807, 2.05) is 36.2 Å². The summed E-state index contributed by atoms with van der Waals surface area (Å²) in [6, 6.07) is 13.3. The minimum absolute atomic E-state index is 0.0350. The van der Waals surface area contributed by atoms with E-state index >= 15 is 0 Å². The van der Waals surface area contributed by atoms with Gasteiger partial charge in [0.05, 0.1) is 35.3 Å². The number of nitrogens with zero attached hydrogens (tertiary/aromatic N) is 7. The van der Waals surface area contributed by atoms with Gasteiger partial charge in [0.25, 0.3) is 5.91 Å². The molecule has 3 aromatic rings. The first-order chi connectivity index (χ1) is 14.6. The summed E-state index contributed by atoms with van der Waals surface area (Å²) in [5.74, 6) is 0.703. The zero-order valence-corrected chi connectivity index (χ0v) is 17.0. The number of rotatable bonds is 4. The van der Waals surface area contributed by atoms with E-state index in [1.54, 1.807) is 30.7 Å². The Kier molecular flexibility index (Phi) is 5.44. The molecule has 30 heavy (non-hydrogen) atoms. The lowest BCUT2D eigenvalue weighted by Crippen LogP contribution is -2.52. The molecule has 1 saturated heterocycles. The van der Waals surface area contributed by atoms with Gasteiger partial charge in [0.2, 0.25) is 0 Å². The highest BCUT2D eigenvalue weighted by Gasteiger charge is 2.33. The van der Waals surface area contributed by atoms with Crippen LogP contribution in [0, 0.1) is 11.3 Å². The Bertz CT molecular complexity index is 1070. The van der Waals surface area contributed by atoms with Crippen LogP contribution in [0.1, 0.15) is 35.7 Å². The van der Waals surface area contributed by atoms with Gasteiger partial charge in [-0.2, -0.15) is 20.3 Å². The van der Waals surface area contributed by atoms with Crippen LogP contribution in [0.25, 0.3) is 5.69 Å². The Morgan fingerprint density at radius 1 is 1.17 bits per heavy atom. The number of anilines is 1. The Labute approximate surface area is 175 Å². The van der Waals surface area contributed by atoms with Gasteiger partial charge in [-0.3, -0.25) is 4.79 Å². The Morgan fingerprint density at radius 2 is 1.93 bits per heavy atom. The molecule has 1 aromatic carbocycles. The zero-order valence-electron chi connectivity index (χ0n) is 17.0. The summed E-state index contributed by atoms with van der Waals surface area (Å²) < 4.78 is 0. The highest BCUT2D eigenvalue weighted by molar-refractivity contribution is 5.98. The molecule has 0 saturated carbocycles. The first kappa shape index (κ1) is 19.6. The van der Waals surface area contributed by atoms with Crippen molar-refractivity contribution < 1.29 is 4.79 Å².